The Labute approximate surface area is 109 Å². The van der Waals surface area contributed by atoms with Crippen molar-refractivity contribution in [3.63, 3.8) is 0 Å². The average Bonchev–Trinajstić information content (AvgIpc) is 2.62. The zero-order valence-corrected chi connectivity index (χ0v) is 11.0. The van der Waals surface area contributed by atoms with Crippen molar-refractivity contribution in [2.75, 3.05) is 6.54 Å². The van der Waals surface area contributed by atoms with Crippen molar-refractivity contribution in [3.8, 4) is 0 Å². The molecule has 18 heavy (non-hydrogen) atoms. The number of amides is 1. The second-order valence-electron chi connectivity index (χ2n) is 4.93. The summed E-state index contributed by atoms with van der Waals surface area (Å²) in [4.78, 5) is 13.9. The number of likely N-dealkylation sites (tertiary alicyclic amines) is 1. The quantitative estimate of drug-likeness (QED) is 0.799. The molecule has 1 aliphatic heterocycles. The van der Waals surface area contributed by atoms with Gasteiger partial charge in [-0.3, -0.25) is 0 Å². The Hall–Kier alpha value is -1.51. The van der Waals surface area contributed by atoms with Crippen LogP contribution in [0.2, 0.25) is 0 Å². The number of hydrogen-bond acceptors (Lipinski definition) is 2. The number of carbonyl (C=O) groups is 1. The van der Waals surface area contributed by atoms with E-state index in [2.05, 4.69) is 6.92 Å². The molecule has 2 rings (SSSR count). The zero-order valence-electron chi connectivity index (χ0n) is 11.0. The minimum atomic E-state index is -0.173. The van der Waals surface area contributed by atoms with E-state index in [0.29, 0.717) is 12.6 Å². The maximum absolute atomic E-state index is 12.0. The van der Waals surface area contributed by atoms with Crippen LogP contribution < -0.4 is 0 Å². The van der Waals surface area contributed by atoms with Crippen LogP contribution in [0.1, 0.15) is 38.2 Å². The summed E-state index contributed by atoms with van der Waals surface area (Å²) >= 11 is 0. The van der Waals surface area contributed by atoms with E-state index < -0.39 is 0 Å². The van der Waals surface area contributed by atoms with Crippen molar-refractivity contribution in [3.05, 3.63) is 35.9 Å². The number of hydrogen-bond donors (Lipinski definition) is 0. The van der Waals surface area contributed by atoms with E-state index >= 15 is 0 Å². The number of ether oxygens (including phenoxy) is 1. The predicted molar refractivity (Wildman–Crippen MR) is 71.3 cm³/mol. The molecule has 1 aliphatic rings. The highest BCUT2D eigenvalue weighted by molar-refractivity contribution is 5.68. The van der Waals surface area contributed by atoms with Gasteiger partial charge in [-0.2, -0.15) is 0 Å². The van der Waals surface area contributed by atoms with E-state index in [1.54, 1.807) is 0 Å². The van der Waals surface area contributed by atoms with Crippen LogP contribution in [0, 0.1) is 0 Å². The highest BCUT2D eigenvalue weighted by atomic mass is 16.6. The molecule has 1 aromatic carbocycles. The lowest BCUT2D eigenvalue weighted by Gasteiger charge is -2.26. The van der Waals surface area contributed by atoms with Crippen molar-refractivity contribution in [2.24, 2.45) is 0 Å². The van der Waals surface area contributed by atoms with E-state index in [0.717, 1.165) is 24.9 Å². The second kappa shape index (κ2) is 6.43. The molecule has 1 fully saturated rings. The lowest BCUT2D eigenvalue weighted by atomic mass is 10.1. The van der Waals surface area contributed by atoms with Crippen molar-refractivity contribution in [1.82, 2.24) is 4.90 Å². The van der Waals surface area contributed by atoms with Crippen LogP contribution in [0.15, 0.2) is 30.3 Å². The Morgan fingerprint density at radius 1 is 1.28 bits per heavy atom. The molecular formula is C15H21NO2. The first-order valence-corrected chi connectivity index (χ1v) is 6.74. The van der Waals surface area contributed by atoms with Crippen LogP contribution in [0.4, 0.5) is 4.79 Å². The molecular weight excluding hydrogens is 226 g/mol. The fraction of sp³-hybridized carbons (Fsp3) is 0.533. The number of carbonyl (C=O) groups excluding carboxylic acids is 1. The molecule has 1 atom stereocenters. The van der Waals surface area contributed by atoms with Crippen LogP contribution in [0.3, 0.4) is 0 Å². The fourth-order valence-electron chi connectivity index (χ4n) is 2.35. The van der Waals surface area contributed by atoms with Gasteiger partial charge >= 0.3 is 6.09 Å². The molecule has 0 aliphatic carbocycles. The van der Waals surface area contributed by atoms with Gasteiger partial charge in [0.1, 0.15) is 6.61 Å². The summed E-state index contributed by atoms with van der Waals surface area (Å²) < 4.78 is 5.38. The molecule has 1 saturated heterocycles. The molecule has 3 nitrogen and oxygen atoms in total. The Bertz CT molecular complexity index is 377. The van der Waals surface area contributed by atoms with Crippen molar-refractivity contribution < 1.29 is 9.53 Å². The molecule has 0 N–H and O–H groups in total. The summed E-state index contributed by atoms with van der Waals surface area (Å²) in [6.07, 6.45) is 4.43. The van der Waals surface area contributed by atoms with Crippen molar-refractivity contribution in [2.45, 2.75) is 45.3 Å². The molecule has 3 heteroatoms. The Kier molecular flexibility index (Phi) is 4.62. The van der Waals surface area contributed by atoms with Crippen LogP contribution in [0.25, 0.3) is 0 Å². The van der Waals surface area contributed by atoms with Crippen LogP contribution in [-0.2, 0) is 11.3 Å². The topological polar surface area (TPSA) is 29.5 Å². The average molecular weight is 247 g/mol. The molecule has 0 aromatic heterocycles. The lowest BCUT2D eigenvalue weighted by molar-refractivity contribution is 0.0843. The standard InChI is InChI=1S/C15H21NO2/c1-13-8-4-3-7-11-16(13)15(17)18-12-14-9-5-2-6-10-14/h2,5-6,9-10,13H,3-4,7-8,11-12H2,1H3. The summed E-state index contributed by atoms with van der Waals surface area (Å²) in [6.45, 7) is 3.30. The first-order chi connectivity index (χ1) is 8.77. The van der Waals surface area contributed by atoms with Gasteiger partial charge in [0, 0.05) is 12.6 Å². The highest BCUT2D eigenvalue weighted by Gasteiger charge is 2.22. The molecule has 1 heterocycles. The predicted octanol–water partition coefficient (Wildman–Crippen LogP) is 3.59. The van der Waals surface area contributed by atoms with Crippen LogP contribution in [0.5, 0.6) is 0 Å². The summed E-state index contributed by atoms with van der Waals surface area (Å²) in [6, 6.07) is 10.1. The SMILES string of the molecule is CC1CCCCCN1C(=O)OCc1ccccc1. The summed E-state index contributed by atoms with van der Waals surface area (Å²) in [5.74, 6) is 0. The molecule has 1 unspecified atom stereocenters. The zero-order chi connectivity index (χ0) is 12.8. The summed E-state index contributed by atoms with van der Waals surface area (Å²) in [5.41, 5.74) is 1.04. The van der Waals surface area contributed by atoms with Gasteiger partial charge in [0.15, 0.2) is 0 Å². The van der Waals surface area contributed by atoms with Gasteiger partial charge in [-0.05, 0) is 25.3 Å². The summed E-state index contributed by atoms with van der Waals surface area (Å²) in [7, 11) is 0. The maximum atomic E-state index is 12.0. The van der Waals surface area contributed by atoms with Gasteiger partial charge in [0.05, 0.1) is 0 Å². The highest BCUT2D eigenvalue weighted by Crippen LogP contribution is 2.17. The maximum Gasteiger partial charge on any atom is 0.410 e. The Morgan fingerprint density at radius 2 is 2.06 bits per heavy atom. The molecule has 0 radical (unpaired) electrons. The molecule has 0 bridgehead atoms. The fourth-order valence-corrected chi connectivity index (χ4v) is 2.35. The Morgan fingerprint density at radius 3 is 2.83 bits per heavy atom. The normalized spacial score (nSPS) is 20.3. The molecule has 98 valence electrons. The molecule has 0 spiro atoms. The first-order valence-electron chi connectivity index (χ1n) is 6.74. The minimum Gasteiger partial charge on any atom is -0.445 e. The number of rotatable bonds is 2. The van der Waals surface area contributed by atoms with E-state index in [-0.39, 0.29) is 6.09 Å². The molecule has 0 saturated carbocycles. The van der Waals surface area contributed by atoms with E-state index in [1.165, 1.54) is 12.8 Å². The minimum absolute atomic E-state index is 0.173. The van der Waals surface area contributed by atoms with Crippen LogP contribution >= 0.6 is 0 Å². The van der Waals surface area contributed by atoms with Gasteiger partial charge < -0.3 is 9.64 Å². The number of benzene rings is 1. The first kappa shape index (κ1) is 12.9. The smallest absolute Gasteiger partial charge is 0.410 e. The van der Waals surface area contributed by atoms with Gasteiger partial charge in [-0.1, -0.05) is 43.2 Å². The van der Waals surface area contributed by atoms with E-state index in [4.69, 9.17) is 4.74 Å². The third kappa shape index (κ3) is 3.49. The summed E-state index contributed by atoms with van der Waals surface area (Å²) in [5, 5.41) is 0. The van der Waals surface area contributed by atoms with Gasteiger partial charge in [-0.25, -0.2) is 4.79 Å². The third-order valence-corrected chi connectivity index (χ3v) is 3.49. The van der Waals surface area contributed by atoms with Crippen molar-refractivity contribution >= 4 is 6.09 Å². The second-order valence-corrected chi connectivity index (χ2v) is 4.93. The monoisotopic (exact) mass is 247 g/mol. The number of nitrogens with zero attached hydrogens (tertiary/aromatic N) is 1. The van der Waals surface area contributed by atoms with Crippen LogP contribution in [-0.4, -0.2) is 23.6 Å². The van der Waals surface area contributed by atoms with Gasteiger partial charge in [0.25, 0.3) is 0 Å². The Balaban J connectivity index is 1.87. The lowest BCUT2D eigenvalue weighted by Crippen LogP contribution is -2.38. The third-order valence-electron chi connectivity index (χ3n) is 3.49. The molecule has 1 aromatic rings. The molecule has 1 amide bonds. The van der Waals surface area contributed by atoms with E-state index in [9.17, 15) is 4.79 Å². The largest absolute Gasteiger partial charge is 0.445 e. The van der Waals surface area contributed by atoms with E-state index in [1.807, 2.05) is 35.2 Å². The van der Waals surface area contributed by atoms with Gasteiger partial charge in [-0.15, -0.1) is 0 Å². The van der Waals surface area contributed by atoms with Crippen molar-refractivity contribution in [1.29, 1.82) is 0 Å². The van der Waals surface area contributed by atoms with Gasteiger partial charge in [0.2, 0.25) is 0 Å².